The number of nitrogens with zero attached hydrogens (tertiary/aromatic N) is 3. The summed E-state index contributed by atoms with van der Waals surface area (Å²) in [6.07, 6.45) is -0.0486. The number of fused-ring (bicyclic) bond motifs is 1. The minimum Gasteiger partial charge on any atom is -0.508 e. The lowest BCUT2D eigenvalue weighted by molar-refractivity contribution is -0.116. The number of primary amides is 1. The van der Waals surface area contributed by atoms with Crippen molar-refractivity contribution in [1.29, 1.82) is 0 Å². The summed E-state index contributed by atoms with van der Waals surface area (Å²) in [4.78, 5) is 34.7. The predicted octanol–water partition coefficient (Wildman–Crippen LogP) is 2.18. The Bertz CT molecular complexity index is 1110. The van der Waals surface area contributed by atoms with Crippen LogP contribution in [-0.4, -0.2) is 32.0 Å². The number of hydrogen-bond donors (Lipinski definition) is 3. The molecule has 0 bridgehead atoms. The second-order valence-electron chi connectivity index (χ2n) is 6.54. The van der Waals surface area contributed by atoms with E-state index >= 15 is 0 Å². The van der Waals surface area contributed by atoms with Crippen LogP contribution in [-0.2, 0) is 11.2 Å². The highest BCUT2D eigenvalue weighted by Gasteiger charge is 2.35. The van der Waals surface area contributed by atoms with Crippen molar-refractivity contribution in [3.63, 3.8) is 0 Å². The van der Waals surface area contributed by atoms with Gasteiger partial charge in [0.25, 0.3) is 5.91 Å². The van der Waals surface area contributed by atoms with Crippen molar-refractivity contribution in [1.82, 2.24) is 9.97 Å². The fourth-order valence-corrected chi connectivity index (χ4v) is 3.19. The quantitative estimate of drug-likeness (QED) is 0.642. The SMILES string of the molecule is Cc1ccc(N2C(=O)Cc3c(C(N)=O)nc(-c4cc(O)cc(O)c4)nc32)cc1. The minimum absolute atomic E-state index is 0.0486. The Morgan fingerprint density at radius 2 is 1.71 bits per heavy atom. The van der Waals surface area contributed by atoms with Crippen LogP contribution in [0.15, 0.2) is 42.5 Å². The van der Waals surface area contributed by atoms with Crippen LogP contribution in [0.3, 0.4) is 0 Å². The van der Waals surface area contributed by atoms with Gasteiger partial charge in [0.1, 0.15) is 23.0 Å². The predicted molar refractivity (Wildman–Crippen MR) is 101 cm³/mol. The smallest absolute Gasteiger partial charge is 0.267 e. The van der Waals surface area contributed by atoms with Gasteiger partial charge in [0.05, 0.1) is 12.1 Å². The highest BCUT2D eigenvalue weighted by Crippen LogP contribution is 2.37. The summed E-state index contributed by atoms with van der Waals surface area (Å²) >= 11 is 0. The molecule has 8 nitrogen and oxygen atoms in total. The summed E-state index contributed by atoms with van der Waals surface area (Å²) in [5.41, 5.74) is 7.70. The van der Waals surface area contributed by atoms with Crippen LogP contribution in [0.25, 0.3) is 11.4 Å². The van der Waals surface area contributed by atoms with Gasteiger partial charge in [-0.2, -0.15) is 0 Å². The summed E-state index contributed by atoms with van der Waals surface area (Å²) in [5.74, 6) is -1.10. The first-order chi connectivity index (χ1) is 13.3. The molecule has 3 aromatic rings. The molecule has 4 rings (SSSR count). The Hall–Kier alpha value is -3.94. The number of aryl methyl sites for hydroxylation is 1. The zero-order valence-corrected chi connectivity index (χ0v) is 14.9. The van der Waals surface area contributed by atoms with E-state index in [4.69, 9.17) is 5.73 Å². The number of aromatic nitrogens is 2. The minimum atomic E-state index is -0.789. The number of carbonyl (C=O) groups is 2. The Labute approximate surface area is 159 Å². The van der Waals surface area contributed by atoms with Crippen molar-refractivity contribution >= 4 is 23.3 Å². The van der Waals surface area contributed by atoms with E-state index in [9.17, 15) is 19.8 Å². The van der Waals surface area contributed by atoms with E-state index in [2.05, 4.69) is 9.97 Å². The molecule has 4 N–H and O–H groups in total. The van der Waals surface area contributed by atoms with Crippen molar-refractivity contribution in [2.75, 3.05) is 4.90 Å². The van der Waals surface area contributed by atoms with E-state index in [1.54, 1.807) is 12.1 Å². The third-order valence-electron chi connectivity index (χ3n) is 4.46. The zero-order valence-electron chi connectivity index (χ0n) is 14.9. The molecule has 1 aliphatic heterocycles. The summed E-state index contributed by atoms with van der Waals surface area (Å²) in [5, 5.41) is 19.5. The molecule has 1 aliphatic rings. The van der Waals surface area contributed by atoms with E-state index < -0.39 is 5.91 Å². The number of phenolic OH excluding ortho intramolecular Hbond substituents is 2. The van der Waals surface area contributed by atoms with Gasteiger partial charge >= 0.3 is 0 Å². The molecule has 8 heteroatoms. The summed E-state index contributed by atoms with van der Waals surface area (Å²) in [7, 11) is 0. The highest BCUT2D eigenvalue weighted by atomic mass is 16.3. The van der Waals surface area contributed by atoms with Gasteiger partial charge in [-0.05, 0) is 31.2 Å². The zero-order chi connectivity index (χ0) is 20.0. The number of amides is 2. The number of aromatic hydroxyl groups is 2. The largest absolute Gasteiger partial charge is 0.508 e. The molecule has 0 spiro atoms. The van der Waals surface area contributed by atoms with E-state index in [-0.39, 0.29) is 46.7 Å². The summed E-state index contributed by atoms with van der Waals surface area (Å²) in [6, 6.07) is 11.2. The number of phenols is 2. The molecular weight excluding hydrogens is 360 g/mol. The summed E-state index contributed by atoms with van der Waals surface area (Å²) < 4.78 is 0. The Morgan fingerprint density at radius 3 is 2.32 bits per heavy atom. The molecule has 28 heavy (non-hydrogen) atoms. The van der Waals surface area contributed by atoms with Crippen molar-refractivity contribution in [2.45, 2.75) is 13.3 Å². The molecule has 0 radical (unpaired) electrons. The number of nitrogens with two attached hydrogens (primary N) is 1. The van der Waals surface area contributed by atoms with E-state index in [1.807, 2.05) is 19.1 Å². The Kier molecular flexibility index (Phi) is 3.96. The van der Waals surface area contributed by atoms with Gasteiger partial charge in [-0.25, -0.2) is 9.97 Å². The van der Waals surface area contributed by atoms with Gasteiger partial charge in [0, 0.05) is 17.2 Å². The van der Waals surface area contributed by atoms with E-state index in [1.165, 1.54) is 17.0 Å². The number of rotatable bonds is 3. The van der Waals surface area contributed by atoms with E-state index in [0.717, 1.165) is 11.6 Å². The monoisotopic (exact) mass is 376 g/mol. The standard InChI is InChI=1S/C20H16N4O4/c1-10-2-4-12(5-3-10)24-16(27)9-15-17(18(21)28)22-19(23-20(15)24)11-6-13(25)8-14(26)7-11/h2-8,25-26H,9H2,1H3,(H2,21,28). The van der Waals surface area contributed by atoms with Gasteiger partial charge in [0.15, 0.2) is 5.82 Å². The van der Waals surface area contributed by atoms with Crippen molar-refractivity contribution in [2.24, 2.45) is 5.73 Å². The van der Waals surface area contributed by atoms with Crippen LogP contribution < -0.4 is 10.6 Å². The normalized spacial score (nSPS) is 12.9. The van der Waals surface area contributed by atoms with Gasteiger partial charge in [-0.1, -0.05) is 17.7 Å². The molecular formula is C20H16N4O4. The lowest BCUT2D eigenvalue weighted by atomic mass is 10.1. The molecule has 0 saturated heterocycles. The van der Waals surface area contributed by atoms with Gasteiger partial charge < -0.3 is 15.9 Å². The van der Waals surface area contributed by atoms with Crippen LogP contribution in [0.4, 0.5) is 11.5 Å². The second-order valence-corrected chi connectivity index (χ2v) is 6.54. The first-order valence-electron chi connectivity index (χ1n) is 8.47. The topological polar surface area (TPSA) is 130 Å². The number of benzene rings is 2. The van der Waals surface area contributed by atoms with Crippen LogP contribution >= 0.6 is 0 Å². The highest BCUT2D eigenvalue weighted by molar-refractivity contribution is 6.09. The van der Waals surface area contributed by atoms with Crippen LogP contribution in [0.2, 0.25) is 0 Å². The third-order valence-corrected chi connectivity index (χ3v) is 4.46. The van der Waals surface area contributed by atoms with Gasteiger partial charge in [-0.15, -0.1) is 0 Å². The molecule has 2 amide bonds. The molecule has 0 unspecified atom stereocenters. The third kappa shape index (κ3) is 2.90. The summed E-state index contributed by atoms with van der Waals surface area (Å²) in [6.45, 7) is 1.93. The molecule has 0 fully saturated rings. The number of hydrogen-bond acceptors (Lipinski definition) is 6. The first-order valence-corrected chi connectivity index (χ1v) is 8.47. The van der Waals surface area contributed by atoms with Crippen molar-refractivity contribution < 1.29 is 19.8 Å². The van der Waals surface area contributed by atoms with Crippen LogP contribution in [0.5, 0.6) is 11.5 Å². The maximum atomic E-state index is 12.7. The van der Waals surface area contributed by atoms with Crippen molar-refractivity contribution in [3.05, 3.63) is 59.3 Å². The van der Waals surface area contributed by atoms with Crippen LogP contribution in [0, 0.1) is 6.92 Å². The Morgan fingerprint density at radius 1 is 1.07 bits per heavy atom. The second kappa shape index (κ2) is 6.34. The maximum Gasteiger partial charge on any atom is 0.267 e. The van der Waals surface area contributed by atoms with E-state index in [0.29, 0.717) is 11.3 Å². The van der Waals surface area contributed by atoms with Gasteiger partial charge in [-0.3, -0.25) is 14.5 Å². The first kappa shape index (κ1) is 17.5. The molecule has 140 valence electrons. The lowest BCUT2D eigenvalue weighted by Crippen LogP contribution is -2.21. The van der Waals surface area contributed by atoms with Gasteiger partial charge in [0.2, 0.25) is 5.91 Å². The molecule has 2 heterocycles. The fourth-order valence-electron chi connectivity index (χ4n) is 3.19. The maximum absolute atomic E-state index is 12.7. The molecule has 2 aromatic carbocycles. The molecule has 1 aromatic heterocycles. The molecule has 0 atom stereocenters. The Balaban J connectivity index is 1.94. The number of anilines is 2. The molecule has 0 aliphatic carbocycles. The average molecular weight is 376 g/mol. The average Bonchev–Trinajstić information content (AvgIpc) is 2.96. The van der Waals surface area contributed by atoms with Crippen LogP contribution in [0.1, 0.15) is 21.6 Å². The van der Waals surface area contributed by atoms with Crippen molar-refractivity contribution in [3.8, 4) is 22.9 Å². The number of carbonyl (C=O) groups excluding carboxylic acids is 2. The fraction of sp³-hybridized carbons (Fsp3) is 0.100. The lowest BCUT2D eigenvalue weighted by Gasteiger charge is -2.18. The molecule has 0 saturated carbocycles.